The molecule has 0 aliphatic rings. The van der Waals surface area contributed by atoms with Crippen LogP contribution in [-0.4, -0.2) is 6.54 Å². The third-order valence-corrected chi connectivity index (χ3v) is 1.96. The van der Waals surface area contributed by atoms with E-state index in [1.54, 1.807) is 0 Å². The van der Waals surface area contributed by atoms with Crippen molar-refractivity contribution in [3.05, 3.63) is 29.8 Å². The van der Waals surface area contributed by atoms with Gasteiger partial charge in [0.15, 0.2) is 0 Å². The molecule has 0 heterocycles. The van der Waals surface area contributed by atoms with Gasteiger partial charge in [0.2, 0.25) is 0 Å². The zero-order valence-electron chi connectivity index (χ0n) is 8.04. The van der Waals surface area contributed by atoms with Crippen molar-refractivity contribution < 1.29 is 0 Å². The lowest BCUT2D eigenvalue weighted by Gasteiger charge is -2.09. The van der Waals surface area contributed by atoms with Crippen LogP contribution in [0.5, 0.6) is 0 Å². The predicted molar refractivity (Wildman–Crippen MR) is 54.4 cm³/mol. The van der Waals surface area contributed by atoms with E-state index < -0.39 is 0 Å². The van der Waals surface area contributed by atoms with Gasteiger partial charge in [0.1, 0.15) is 0 Å². The molecule has 0 bridgehead atoms. The molecule has 0 saturated heterocycles. The molecule has 1 N–H and O–H groups in total. The van der Waals surface area contributed by atoms with Gasteiger partial charge in [-0.05, 0) is 25.5 Å². The highest BCUT2D eigenvalue weighted by Gasteiger charge is 1.99. The first-order chi connectivity index (χ1) is 6.24. The molecule has 0 amide bonds. The quantitative estimate of drug-likeness (QED) is 0.764. The van der Waals surface area contributed by atoms with Crippen molar-refractivity contribution in [2.24, 2.45) is 5.92 Å². The monoisotopic (exact) mass is 174 g/mol. The maximum absolute atomic E-state index is 8.59. The number of hydrogen-bond donors (Lipinski definition) is 1. The average molecular weight is 174 g/mol. The molecule has 0 spiro atoms. The summed E-state index contributed by atoms with van der Waals surface area (Å²) in [5.74, 6) is 0.0552. The Morgan fingerprint density at radius 2 is 2.15 bits per heavy atom. The number of aryl methyl sites for hydroxylation is 1. The first-order valence-electron chi connectivity index (χ1n) is 4.43. The van der Waals surface area contributed by atoms with E-state index >= 15 is 0 Å². The summed E-state index contributed by atoms with van der Waals surface area (Å²) in [6.07, 6.45) is 0. The molecule has 0 aromatic heterocycles. The second kappa shape index (κ2) is 4.51. The van der Waals surface area contributed by atoms with Crippen molar-refractivity contribution in [3.63, 3.8) is 0 Å². The van der Waals surface area contributed by atoms with Crippen LogP contribution in [0.2, 0.25) is 0 Å². The number of rotatable bonds is 3. The van der Waals surface area contributed by atoms with Gasteiger partial charge in [-0.15, -0.1) is 0 Å². The average Bonchev–Trinajstić information content (AvgIpc) is 2.16. The van der Waals surface area contributed by atoms with Crippen molar-refractivity contribution >= 4 is 5.69 Å². The van der Waals surface area contributed by atoms with E-state index in [1.165, 1.54) is 5.56 Å². The number of anilines is 1. The fourth-order valence-electron chi connectivity index (χ4n) is 1.08. The van der Waals surface area contributed by atoms with Gasteiger partial charge in [0, 0.05) is 12.2 Å². The highest BCUT2D eigenvalue weighted by molar-refractivity contribution is 5.50. The van der Waals surface area contributed by atoms with E-state index in [-0.39, 0.29) is 5.92 Å². The molecule has 68 valence electrons. The summed E-state index contributed by atoms with van der Waals surface area (Å²) in [5, 5.41) is 11.8. The Labute approximate surface area is 79.2 Å². The summed E-state index contributed by atoms with van der Waals surface area (Å²) in [5.41, 5.74) is 2.33. The van der Waals surface area contributed by atoms with Crippen LogP contribution in [-0.2, 0) is 0 Å². The van der Waals surface area contributed by atoms with Gasteiger partial charge in [-0.25, -0.2) is 0 Å². The van der Waals surface area contributed by atoms with Gasteiger partial charge in [-0.3, -0.25) is 0 Å². The Kier molecular flexibility index (Phi) is 3.33. The standard InChI is InChI=1S/C11H14N2/c1-9(7-12)8-13-11-6-4-3-5-10(11)2/h3-6,9,13H,8H2,1-2H3. The van der Waals surface area contributed by atoms with Gasteiger partial charge in [-0.2, -0.15) is 5.26 Å². The second-order valence-electron chi connectivity index (χ2n) is 3.23. The molecule has 2 nitrogen and oxygen atoms in total. The zero-order valence-corrected chi connectivity index (χ0v) is 8.04. The molecule has 0 fully saturated rings. The second-order valence-corrected chi connectivity index (χ2v) is 3.23. The summed E-state index contributed by atoms with van der Waals surface area (Å²) in [7, 11) is 0. The molecular weight excluding hydrogens is 160 g/mol. The van der Waals surface area contributed by atoms with Gasteiger partial charge in [0.05, 0.1) is 12.0 Å². The summed E-state index contributed by atoms with van der Waals surface area (Å²) in [6, 6.07) is 10.3. The molecule has 0 aliphatic heterocycles. The van der Waals surface area contributed by atoms with Crippen LogP contribution in [0.25, 0.3) is 0 Å². The largest absolute Gasteiger partial charge is 0.384 e. The summed E-state index contributed by atoms with van der Waals surface area (Å²) in [4.78, 5) is 0. The Morgan fingerprint density at radius 1 is 1.46 bits per heavy atom. The van der Waals surface area contributed by atoms with Crippen LogP contribution in [0.1, 0.15) is 12.5 Å². The molecule has 0 saturated carbocycles. The molecule has 13 heavy (non-hydrogen) atoms. The molecule has 1 aromatic rings. The predicted octanol–water partition coefficient (Wildman–Crippen LogP) is 2.57. The van der Waals surface area contributed by atoms with Gasteiger partial charge < -0.3 is 5.32 Å². The maximum Gasteiger partial charge on any atom is 0.0671 e. The first-order valence-corrected chi connectivity index (χ1v) is 4.43. The molecular formula is C11H14N2. The van der Waals surface area contributed by atoms with Gasteiger partial charge in [0.25, 0.3) is 0 Å². The lowest BCUT2D eigenvalue weighted by molar-refractivity contribution is 0.785. The van der Waals surface area contributed by atoms with Crippen LogP contribution < -0.4 is 5.32 Å². The SMILES string of the molecule is Cc1ccccc1NCC(C)C#N. The Morgan fingerprint density at radius 3 is 2.77 bits per heavy atom. The highest BCUT2D eigenvalue weighted by atomic mass is 14.9. The molecule has 1 aromatic carbocycles. The fourth-order valence-corrected chi connectivity index (χ4v) is 1.08. The van der Waals surface area contributed by atoms with Crippen molar-refractivity contribution in [1.29, 1.82) is 5.26 Å². The van der Waals surface area contributed by atoms with Crippen LogP contribution >= 0.6 is 0 Å². The minimum atomic E-state index is 0.0552. The highest BCUT2D eigenvalue weighted by Crippen LogP contribution is 2.13. The van der Waals surface area contributed by atoms with Crippen LogP contribution in [0.15, 0.2) is 24.3 Å². The van der Waals surface area contributed by atoms with E-state index in [4.69, 9.17) is 5.26 Å². The fraction of sp³-hybridized carbons (Fsp3) is 0.364. The lowest BCUT2D eigenvalue weighted by Crippen LogP contribution is -2.09. The number of hydrogen-bond acceptors (Lipinski definition) is 2. The van der Waals surface area contributed by atoms with Crippen molar-refractivity contribution in [2.75, 3.05) is 11.9 Å². The number of nitrogens with zero attached hydrogens (tertiary/aromatic N) is 1. The zero-order chi connectivity index (χ0) is 9.68. The first kappa shape index (κ1) is 9.60. The van der Waals surface area contributed by atoms with Crippen LogP contribution in [0.3, 0.4) is 0 Å². The third-order valence-electron chi connectivity index (χ3n) is 1.96. The van der Waals surface area contributed by atoms with E-state index in [1.807, 2.05) is 25.1 Å². The van der Waals surface area contributed by atoms with Crippen molar-refractivity contribution in [2.45, 2.75) is 13.8 Å². The van der Waals surface area contributed by atoms with E-state index in [0.29, 0.717) is 6.54 Å². The van der Waals surface area contributed by atoms with Crippen LogP contribution in [0, 0.1) is 24.2 Å². The Hall–Kier alpha value is -1.49. The number of para-hydroxylation sites is 1. The van der Waals surface area contributed by atoms with Crippen molar-refractivity contribution in [3.8, 4) is 6.07 Å². The summed E-state index contributed by atoms with van der Waals surface area (Å²) in [6.45, 7) is 4.67. The Bertz CT molecular complexity index is 312. The minimum absolute atomic E-state index is 0.0552. The molecule has 1 rings (SSSR count). The topological polar surface area (TPSA) is 35.8 Å². The molecule has 0 aliphatic carbocycles. The molecule has 1 atom stereocenters. The van der Waals surface area contributed by atoms with Crippen LogP contribution in [0.4, 0.5) is 5.69 Å². The normalized spacial score (nSPS) is 11.8. The molecule has 1 unspecified atom stereocenters. The van der Waals surface area contributed by atoms with E-state index in [0.717, 1.165) is 5.69 Å². The minimum Gasteiger partial charge on any atom is -0.384 e. The number of benzene rings is 1. The smallest absolute Gasteiger partial charge is 0.0671 e. The molecule has 2 heteroatoms. The van der Waals surface area contributed by atoms with Crippen molar-refractivity contribution in [1.82, 2.24) is 0 Å². The third kappa shape index (κ3) is 2.79. The Balaban J connectivity index is 2.56. The van der Waals surface area contributed by atoms with Gasteiger partial charge >= 0.3 is 0 Å². The maximum atomic E-state index is 8.59. The summed E-state index contributed by atoms with van der Waals surface area (Å²) >= 11 is 0. The van der Waals surface area contributed by atoms with E-state index in [9.17, 15) is 0 Å². The number of nitrogens with one attached hydrogen (secondary N) is 1. The van der Waals surface area contributed by atoms with E-state index in [2.05, 4.69) is 24.4 Å². The number of nitriles is 1. The van der Waals surface area contributed by atoms with Gasteiger partial charge in [-0.1, -0.05) is 18.2 Å². The lowest BCUT2D eigenvalue weighted by atomic mass is 10.1. The molecule has 0 radical (unpaired) electrons. The summed E-state index contributed by atoms with van der Waals surface area (Å²) < 4.78 is 0.